The molecule has 0 spiro atoms. The Morgan fingerprint density at radius 1 is 1.28 bits per heavy atom. The molecule has 0 bridgehead atoms. The molecule has 0 fully saturated rings. The number of thioether (sulfide) groups is 1. The third kappa shape index (κ3) is 4.27. The molecule has 7 nitrogen and oxygen atoms in total. The fourth-order valence-electron chi connectivity index (χ4n) is 2.40. The number of rotatable bonds is 7. The zero-order valence-corrected chi connectivity index (χ0v) is 14.7. The summed E-state index contributed by atoms with van der Waals surface area (Å²) in [5.74, 6) is 0.727. The van der Waals surface area contributed by atoms with Crippen LogP contribution in [0.5, 0.6) is 0 Å². The number of carbonyl (C=O) groups is 1. The third-order valence-corrected chi connectivity index (χ3v) is 4.79. The van der Waals surface area contributed by atoms with Crippen molar-refractivity contribution in [3.63, 3.8) is 0 Å². The molecule has 2 heterocycles. The minimum atomic E-state index is -0.257. The Bertz CT molecular complexity index is 920. The van der Waals surface area contributed by atoms with Crippen molar-refractivity contribution in [3.05, 3.63) is 53.2 Å². The zero-order chi connectivity index (χ0) is 17.6. The van der Waals surface area contributed by atoms with Crippen LogP contribution in [0.4, 0.5) is 0 Å². The summed E-state index contributed by atoms with van der Waals surface area (Å²) in [5, 5.41) is 7.26. The van der Waals surface area contributed by atoms with Crippen LogP contribution in [-0.2, 0) is 18.4 Å². The number of aromatic nitrogens is 4. The Morgan fingerprint density at radius 2 is 2.08 bits per heavy atom. The molecule has 0 aliphatic rings. The van der Waals surface area contributed by atoms with E-state index in [1.54, 1.807) is 18.8 Å². The van der Waals surface area contributed by atoms with Crippen LogP contribution in [-0.4, -0.2) is 37.5 Å². The van der Waals surface area contributed by atoms with Gasteiger partial charge in [-0.05, 0) is 24.3 Å². The lowest BCUT2D eigenvalue weighted by molar-refractivity contribution is -0.121. The third-order valence-electron chi connectivity index (χ3n) is 3.69. The lowest BCUT2D eigenvalue weighted by atomic mass is 10.4. The van der Waals surface area contributed by atoms with Gasteiger partial charge in [0.15, 0.2) is 5.65 Å². The second-order valence-corrected chi connectivity index (χ2v) is 6.72. The Morgan fingerprint density at radius 3 is 2.88 bits per heavy atom. The molecule has 2 aromatic heterocycles. The molecular formula is C17H19N5O2S. The van der Waals surface area contributed by atoms with Gasteiger partial charge in [0, 0.05) is 18.5 Å². The summed E-state index contributed by atoms with van der Waals surface area (Å²) in [6, 6.07) is 10.1. The molecule has 0 saturated heterocycles. The Hall–Kier alpha value is -2.61. The maximum absolute atomic E-state index is 12.3. The second-order valence-electron chi connectivity index (χ2n) is 5.55. The lowest BCUT2D eigenvalue weighted by Gasteiger charge is -2.07. The molecular weight excluding hydrogens is 338 g/mol. The van der Waals surface area contributed by atoms with Crippen LogP contribution in [0.25, 0.3) is 11.0 Å². The summed E-state index contributed by atoms with van der Waals surface area (Å²) in [7, 11) is 1.72. The molecule has 1 aromatic carbocycles. The first-order valence-electron chi connectivity index (χ1n) is 7.97. The highest BCUT2D eigenvalue weighted by Gasteiger charge is 2.10. The van der Waals surface area contributed by atoms with Gasteiger partial charge in [0.2, 0.25) is 5.91 Å². The number of aryl methyl sites for hydroxylation is 1. The first kappa shape index (κ1) is 17.2. The predicted molar refractivity (Wildman–Crippen MR) is 97.6 cm³/mol. The number of fused-ring (bicyclic) bond motifs is 1. The average Bonchev–Trinajstić information content (AvgIpc) is 3.00. The summed E-state index contributed by atoms with van der Waals surface area (Å²) in [6.07, 6.45) is 3.72. The number of carbonyl (C=O) groups excluding carboxylic acids is 1. The van der Waals surface area contributed by atoms with E-state index in [0.29, 0.717) is 17.6 Å². The number of nitrogens with zero attached hydrogens (tertiary/aromatic N) is 4. The van der Waals surface area contributed by atoms with E-state index in [1.165, 1.54) is 26.7 Å². The largest absolute Gasteiger partial charge is 0.355 e. The summed E-state index contributed by atoms with van der Waals surface area (Å²) in [5.41, 5.74) is 0.257. The van der Waals surface area contributed by atoms with Gasteiger partial charge in [-0.1, -0.05) is 18.2 Å². The molecule has 3 aromatic rings. The zero-order valence-electron chi connectivity index (χ0n) is 13.9. The van der Waals surface area contributed by atoms with Gasteiger partial charge in [0.25, 0.3) is 5.56 Å². The van der Waals surface area contributed by atoms with Crippen molar-refractivity contribution < 1.29 is 4.79 Å². The van der Waals surface area contributed by atoms with E-state index in [9.17, 15) is 9.59 Å². The fraction of sp³-hybridized carbons (Fsp3) is 0.294. The number of hydrogen-bond acceptors (Lipinski definition) is 5. The van der Waals surface area contributed by atoms with E-state index in [-0.39, 0.29) is 18.0 Å². The van der Waals surface area contributed by atoms with Gasteiger partial charge in [-0.15, -0.1) is 11.8 Å². The maximum atomic E-state index is 12.3. The molecule has 8 heteroatoms. The molecule has 1 amide bonds. The average molecular weight is 357 g/mol. The standard InChI is InChI=1S/C17H19N5O2S/c1-21-16-14(10-20-21)17(24)22(12-19-16)11-15(23)18-8-5-9-25-13-6-3-2-4-7-13/h2-4,6-7,10,12H,5,8-9,11H2,1H3,(H,18,23). The number of benzene rings is 1. The smallest absolute Gasteiger partial charge is 0.264 e. The molecule has 0 aliphatic heterocycles. The predicted octanol–water partition coefficient (Wildman–Crippen LogP) is 1.43. The van der Waals surface area contributed by atoms with Gasteiger partial charge in [-0.3, -0.25) is 18.8 Å². The summed E-state index contributed by atoms with van der Waals surface area (Å²) in [4.78, 5) is 29.7. The fourth-order valence-corrected chi connectivity index (χ4v) is 3.27. The van der Waals surface area contributed by atoms with Gasteiger partial charge in [0.1, 0.15) is 18.3 Å². The van der Waals surface area contributed by atoms with Gasteiger partial charge in [-0.2, -0.15) is 5.10 Å². The molecule has 0 unspecified atom stereocenters. The molecule has 3 rings (SSSR count). The van der Waals surface area contributed by atoms with E-state index in [4.69, 9.17) is 0 Å². The highest BCUT2D eigenvalue weighted by Crippen LogP contribution is 2.17. The first-order chi connectivity index (χ1) is 12.1. The number of amides is 1. The number of hydrogen-bond donors (Lipinski definition) is 1. The van der Waals surface area contributed by atoms with E-state index in [2.05, 4.69) is 27.5 Å². The normalized spacial score (nSPS) is 10.9. The molecule has 0 aliphatic carbocycles. The minimum Gasteiger partial charge on any atom is -0.355 e. The van der Waals surface area contributed by atoms with Crippen molar-refractivity contribution in [1.82, 2.24) is 24.6 Å². The monoisotopic (exact) mass is 357 g/mol. The topological polar surface area (TPSA) is 81.8 Å². The molecule has 0 saturated carbocycles. The van der Waals surface area contributed by atoms with Crippen molar-refractivity contribution in [2.75, 3.05) is 12.3 Å². The highest BCUT2D eigenvalue weighted by molar-refractivity contribution is 7.99. The summed E-state index contributed by atoms with van der Waals surface area (Å²) in [6.45, 7) is 0.540. The van der Waals surface area contributed by atoms with Crippen LogP contribution in [0.1, 0.15) is 6.42 Å². The number of nitrogens with one attached hydrogen (secondary N) is 1. The van der Waals surface area contributed by atoms with E-state index in [1.807, 2.05) is 18.2 Å². The van der Waals surface area contributed by atoms with Gasteiger partial charge < -0.3 is 5.32 Å². The molecule has 1 N–H and O–H groups in total. The van der Waals surface area contributed by atoms with Crippen molar-refractivity contribution in [2.24, 2.45) is 7.05 Å². The maximum Gasteiger partial charge on any atom is 0.264 e. The molecule has 0 atom stereocenters. The Labute approximate surface area is 149 Å². The lowest BCUT2D eigenvalue weighted by Crippen LogP contribution is -2.33. The van der Waals surface area contributed by atoms with Crippen LogP contribution in [0, 0.1) is 0 Å². The van der Waals surface area contributed by atoms with Gasteiger partial charge in [-0.25, -0.2) is 4.98 Å². The first-order valence-corrected chi connectivity index (χ1v) is 8.95. The summed E-state index contributed by atoms with van der Waals surface area (Å²) < 4.78 is 2.84. The van der Waals surface area contributed by atoms with Crippen LogP contribution >= 0.6 is 11.8 Å². The van der Waals surface area contributed by atoms with E-state index < -0.39 is 0 Å². The minimum absolute atomic E-state index is 0.0392. The Balaban J connectivity index is 1.46. The molecule has 0 radical (unpaired) electrons. The SMILES string of the molecule is Cn1ncc2c(=O)n(CC(=O)NCCCSc3ccccc3)cnc21. The van der Waals surface area contributed by atoms with Gasteiger partial charge in [0.05, 0.1) is 6.20 Å². The second kappa shape index (κ2) is 7.98. The van der Waals surface area contributed by atoms with Gasteiger partial charge >= 0.3 is 0 Å². The van der Waals surface area contributed by atoms with Crippen molar-refractivity contribution in [1.29, 1.82) is 0 Å². The van der Waals surface area contributed by atoms with E-state index in [0.717, 1.165) is 12.2 Å². The summed E-state index contributed by atoms with van der Waals surface area (Å²) >= 11 is 1.76. The van der Waals surface area contributed by atoms with Crippen molar-refractivity contribution in [2.45, 2.75) is 17.9 Å². The van der Waals surface area contributed by atoms with Crippen LogP contribution < -0.4 is 10.9 Å². The van der Waals surface area contributed by atoms with Crippen LogP contribution in [0.2, 0.25) is 0 Å². The molecule has 130 valence electrons. The molecule has 25 heavy (non-hydrogen) atoms. The van der Waals surface area contributed by atoms with Crippen LogP contribution in [0.3, 0.4) is 0 Å². The van der Waals surface area contributed by atoms with Crippen molar-refractivity contribution >= 4 is 28.7 Å². The van der Waals surface area contributed by atoms with E-state index >= 15 is 0 Å². The highest BCUT2D eigenvalue weighted by atomic mass is 32.2. The Kier molecular flexibility index (Phi) is 5.49. The van der Waals surface area contributed by atoms with Crippen molar-refractivity contribution in [3.8, 4) is 0 Å². The quantitative estimate of drug-likeness (QED) is 0.511. The van der Waals surface area contributed by atoms with Crippen LogP contribution in [0.15, 0.2) is 52.5 Å².